The maximum absolute atomic E-state index is 13.1. The van der Waals surface area contributed by atoms with Gasteiger partial charge in [0.15, 0.2) is 9.84 Å². The van der Waals surface area contributed by atoms with Crippen molar-refractivity contribution in [1.82, 2.24) is 5.32 Å². The number of carbonyl (C=O) groups excluding carboxylic acids is 2. The fraction of sp³-hybridized carbons (Fsp3) is 0.217. The lowest BCUT2D eigenvalue weighted by Crippen LogP contribution is -2.36. The monoisotopic (exact) mass is 490 g/mol. The van der Waals surface area contributed by atoms with Crippen molar-refractivity contribution in [2.75, 3.05) is 11.6 Å². The first-order chi connectivity index (χ1) is 15.0. The SMILES string of the molecule is CC(C)(c1ccc(NC(=O)C(NC(=O)c2ccc(Cl)s2)c2ccccc2)cc1)S(C)(=O)=O. The van der Waals surface area contributed by atoms with E-state index in [-0.39, 0.29) is 0 Å². The summed E-state index contributed by atoms with van der Waals surface area (Å²) in [7, 11) is -3.32. The average molecular weight is 491 g/mol. The van der Waals surface area contributed by atoms with Crippen LogP contribution in [0, 0.1) is 0 Å². The molecule has 0 aliphatic carbocycles. The summed E-state index contributed by atoms with van der Waals surface area (Å²) in [5.41, 5.74) is 1.72. The van der Waals surface area contributed by atoms with Gasteiger partial charge in [0.25, 0.3) is 11.8 Å². The summed E-state index contributed by atoms with van der Waals surface area (Å²) in [4.78, 5) is 26.1. The van der Waals surface area contributed by atoms with E-state index in [0.717, 1.165) is 11.3 Å². The number of carbonyl (C=O) groups is 2. The van der Waals surface area contributed by atoms with Gasteiger partial charge in [0.1, 0.15) is 6.04 Å². The van der Waals surface area contributed by atoms with Gasteiger partial charge in [-0.3, -0.25) is 9.59 Å². The highest BCUT2D eigenvalue weighted by Gasteiger charge is 2.32. The second-order valence-electron chi connectivity index (χ2n) is 7.77. The molecule has 32 heavy (non-hydrogen) atoms. The summed E-state index contributed by atoms with van der Waals surface area (Å²) in [5, 5.41) is 5.55. The minimum absolute atomic E-state index is 0.399. The van der Waals surface area contributed by atoms with E-state index in [1.807, 2.05) is 6.07 Å². The number of thiophene rings is 1. The molecule has 0 fully saturated rings. The third-order valence-corrected chi connectivity index (χ3v) is 8.56. The molecule has 0 spiro atoms. The van der Waals surface area contributed by atoms with Gasteiger partial charge in [0, 0.05) is 11.9 Å². The van der Waals surface area contributed by atoms with E-state index in [9.17, 15) is 18.0 Å². The van der Waals surface area contributed by atoms with E-state index in [1.54, 1.807) is 74.5 Å². The quantitative estimate of drug-likeness (QED) is 0.498. The molecule has 2 amide bonds. The molecule has 0 saturated carbocycles. The topological polar surface area (TPSA) is 92.3 Å². The maximum atomic E-state index is 13.1. The number of nitrogens with one attached hydrogen (secondary N) is 2. The molecular formula is C23H23ClN2O4S2. The number of halogens is 1. The summed E-state index contributed by atoms with van der Waals surface area (Å²) in [6.45, 7) is 3.27. The van der Waals surface area contributed by atoms with Crippen molar-refractivity contribution in [2.24, 2.45) is 0 Å². The van der Waals surface area contributed by atoms with Crippen LogP contribution in [0.2, 0.25) is 4.34 Å². The number of hydrogen-bond acceptors (Lipinski definition) is 5. The van der Waals surface area contributed by atoms with Gasteiger partial charge in [0.2, 0.25) is 0 Å². The van der Waals surface area contributed by atoms with E-state index in [1.165, 1.54) is 6.26 Å². The van der Waals surface area contributed by atoms with Gasteiger partial charge in [-0.05, 0) is 49.2 Å². The Kier molecular flexibility index (Phi) is 7.07. The normalized spacial score (nSPS) is 12.8. The molecule has 1 atom stereocenters. The van der Waals surface area contributed by atoms with Crippen LogP contribution in [0.25, 0.3) is 0 Å². The van der Waals surface area contributed by atoms with Crippen LogP contribution in [0.3, 0.4) is 0 Å². The van der Waals surface area contributed by atoms with Crippen molar-refractivity contribution in [3.8, 4) is 0 Å². The molecule has 2 aromatic carbocycles. The van der Waals surface area contributed by atoms with Crippen molar-refractivity contribution in [3.05, 3.63) is 87.1 Å². The van der Waals surface area contributed by atoms with E-state index in [2.05, 4.69) is 10.6 Å². The first-order valence-electron chi connectivity index (χ1n) is 9.71. The lowest BCUT2D eigenvalue weighted by Gasteiger charge is -2.23. The average Bonchev–Trinajstić information content (AvgIpc) is 3.18. The van der Waals surface area contributed by atoms with Crippen LogP contribution < -0.4 is 10.6 Å². The Balaban J connectivity index is 1.82. The molecule has 6 nitrogen and oxygen atoms in total. The first kappa shape index (κ1) is 24.0. The summed E-state index contributed by atoms with van der Waals surface area (Å²) in [6, 6.07) is 17.8. The fourth-order valence-corrected chi connectivity index (χ4v) is 4.48. The summed E-state index contributed by atoms with van der Waals surface area (Å²) < 4.78 is 23.6. The predicted molar refractivity (Wildman–Crippen MR) is 129 cm³/mol. The van der Waals surface area contributed by atoms with E-state index >= 15 is 0 Å². The predicted octanol–water partition coefficient (Wildman–Crippen LogP) is 4.79. The number of hydrogen-bond donors (Lipinski definition) is 2. The number of benzene rings is 2. The summed E-state index contributed by atoms with van der Waals surface area (Å²) >= 11 is 7.05. The molecule has 0 aliphatic heterocycles. The van der Waals surface area contributed by atoms with Gasteiger partial charge < -0.3 is 10.6 Å². The van der Waals surface area contributed by atoms with Crippen molar-refractivity contribution < 1.29 is 18.0 Å². The third-order valence-electron chi connectivity index (χ3n) is 5.24. The van der Waals surface area contributed by atoms with E-state index in [0.29, 0.717) is 26.0 Å². The minimum Gasteiger partial charge on any atom is -0.336 e. The number of rotatable bonds is 7. The smallest absolute Gasteiger partial charge is 0.262 e. The highest BCUT2D eigenvalue weighted by atomic mass is 35.5. The van der Waals surface area contributed by atoms with Crippen molar-refractivity contribution in [3.63, 3.8) is 0 Å². The van der Waals surface area contributed by atoms with Crippen LogP contribution >= 0.6 is 22.9 Å². The second-order valence-corrected chi connectivity index (χ2v) is 12.1. The van der Waals surface area contributed by atoms with Gasteiger partial charge in [-0.25, -0.2) is 8.42 Å². The molecule has 9 heteroatoms. The zero-order chi connectivity index (χ0) is 23.5. The fourth-order valence-electron chi connectivity index (χ4n) is 2.97. The highest BCUT2D eigenvalue weighted by molar-refractivity contribution is 7.91. The molecule has 1 heterocycles. The summed E-state index contributed by atoms with van der Waals surface area (Å²) in [6.07, 6.45) is 1.19. The molecule has 1 unspecified atom stereocenters. The van der Waals surface area contributed by atoms with Crippen LogP contribution in [0.5, 0.6) is 0 Å². The Hall–Kier alpha value is -2.68. The first-order valence-corrected chi connectivity index (χ1v) is 12.8. The second kappa shape index (κ2) is 9.44. The lowest BCUT2D eigenvalue weighted by atomic mass is 10.0. The Morgan fingerprint density at radius 2 is 1.59 bits per heavy atom. The van der Waals surface area contributed by atoms with Crippen LogP contribution in [0.1, 0.15) is 40.7 Å². The van der Waals surface area contributed by atoms with Crippen LogP contribution in [0.15, 0.2) is 66.7 Å². The van der Waals surface area contributed by atoms with Crippen LogP contribution in [0.4, 0.5) is 5.69 Å². The number of sulfone groups is 1. The molecule has 1 aromatic heterocycles. The Labute approximate surface area is 196 Å². The summed E-state index contributed by atoms with van der Waals surface area (Å²) in [5.74, 6) is -0.835. The van der Waals surface area contributed by atoms with Crippen LogP contribution in [-0.2, 0) is 19.4 Å². The van der Waals surface area contributed by atoms with Gasteiger partial charge in [-0.1, -0.05) is 54.1 Å². The largest absolute Gasteiger partial charge is 0.336 e. The standard InChI is InChI=1S/C23H23ClN2O4S2/c1-23(2,32(3,29)30)16-9-11-17(12-10-16)25-22(28)20(15-7-5-4-6-8-15)26-21(27)18-13-14-19(24)31-18/h4-14,20H,1-3H3,(H,25,28)(H,26,27). The number of anilines is 1. The zero-order valence-electron chi connectivity index (χ0n) is 17.8. The lowest BCUT2D eigenvalue weighted by molar-refractivity contribution is -0.118. The molecular weight excluding hydrogens is 468 g/mol. The third kappa shape index (κ3) is 5.38. The van der Waals surface area contributed by atoms with Gasteiger partial charge in [0.05, 0.1) is 14.0 Å². The Morgan fingerprint density at radius 1 is 0.969 bits per heavy atom. The molecule has 168 valence electrons. The maximum Gasteiger partial charge on any atom is 0.262 e. The van der Waals surface area contributed by atoms with Crippen molar-refractivity contribution in [2.45, 2.75) is 24.6 Å². The molecule has 2 N–H and O–H groups in total. The Bertz CT molecular complexity index is 1220. The van der Waals surface area contributed by atoms with Crippen molar-refractivity contribution in [1.29, 1.82) is 0 Å². The Morgan fingerprint density at radius 3 is 2.12 bits per heavy atom. The van der Waals surface area contributed by atoms with Gasteiger partial charge in [-0.2, -0.15) is 0 Å². The van der Waals surface area contributed by atoms with Gasteiger partial charge in [-0.15, -0.1) is 11.3 Å². The molecule has 0 saturated heterocycles. The van der Waals surface area contributed by atoms with Gasteiger partial charge >= 0.3 is 0 Å². The van der Waals surface area contributed by atoms with E-state index < -0.39 is 32.4 Å². The van der Waals surface area contributed by atoms with Crippen LogP contribution in [-0.4, -0.2) is 26.5 Å². The molecule has 0 bridgehead atoms. The molecule has 0 radical (unpaired) electrons. The highest BCUT2D eigenvalue weighted by Crippen LogP contribution is 2.30. The van der Waals surface area contributed by atoms with E-state index in [4.69, 9.17) is 11.6 Å². The molecule has 0 aliphatic rings. The molecule has 3 aromatic rings. The van der Waals surface area contributed by atoms with Crippen molar-refractivity contribution >= 4 is 50.3 Å². The zero-order valence-corrected chi connectivity index (χ0v) is 20.1. The minimum atomic E-state index is -3.32. The number of amides is 2. The molecule has 3 rings (SSSR count).